The number of carbonyl (C=O) groups excluding carboxylic acids is 1. The average Bonchev–Trinajstić information content (AvgIpc) is 3.04. The first-order valence-electron chi connectivity index (χ1n) is 7.00. The van der Waals surface area contributed by atoms with Gasteiger partial charge in [0.05, 0.1) is 5.69 Å². The monoisotopic (exact) mass is 366 g/mol. The number of aromatic nitrogens is 3. The Morgan fingerprint density at radius 2 is 1.92 bits per heavy atom. The van der Waals surface area contributed by atoms with Gasteiger partial charge < -0.3 is 15.5 Å². The molecule has 26 heavy (non-hydrogen) atoms. The van der Waals surface area contributed by atoms with Crippen molar-refractivity contribution < 1.29 is 33.0 Å². The van der Waals surface area contributed by atoms with E-state index in [4.69, 9.17) is 5.11 Å². The molecule has 0 saturated heterocycles. The number of halogens is 3. The number of nitrogens with zero attached hydrogens (tertiary/aromatic N) is 3. The van der Waals surface area contributed by atoms with Gasteiger partial charge in [-0.15, -0.1) is 0 Å². The van der Waals surface area contributed by atoms with Crippen LogP contribution in [0.3, 0.4) is 0 Å². The maximum absolute atomic E-state index is 14.1. The van der Waals surface area contributed by atoms with E-state index in [0.29, 0.717) is 12.1 Å². The number of carboxylic acid groups (broad SMARTS) is 1. The molecule has 134 valence electrons. The highest BCUT2D eigenvalue weighted by atomic mass is 19.2. The summed E-state index contributed by atoms with van der Waals surface area (Å²) in [5.74, 6) is -6.88. The van der Waals surface area contributed by atoms with Crippen LogP contribution in [0.1, 0.15) is 10.4 Å². The Morgan fingerprint density at radius 1 is 1.19 bits per heavy atom. The second kappa shape index (κ2) is 6.35. The number of nitrogens with one attached hydrogen (secondary N) is 1. The van der Waals surface area contributed by atoms with Crippen LogP contribution in [0.25, 0.3) is 16.9 Å². The number of hydrogen-bond acceptors (Lipinski definition) is 5. The normalized spacial score (nSPS) is 10.9. The molecule has 2 heterocycles. The number of fused-ring (bicyclic) bond motifs is 1. The van der Waals surface area contributed by atoms with Gasteiger partial charge in [-0.1, -0.05) is 0 Å². The van der Waals surface area contributed by atoms with E-state index in [1.54, 1.807) is 0 Å². The number of hydrogen-bond donors (Lipinski definition) is 3. The van der Waals surface area contributed by atoms with Crippen molar-refractivity contribution in [2.75, 3.05) is 6.54 Å². The van der Waals surface area contributed by atoms with Crippen molar-refractivity contribution in [3.8, 4) is 17.0 Å². The minimum Gasteiger partial charge on any atom is -0.507 e. The molecule has 0 aliphatic carbocycles. The predicted octanol–water partition coefficient (Wildman–Crippen LogP) is 1.33. The van der Waals surface area contributed by atoms with E-state index >= 15 is 0 Å². The van der Waals surface area contributed by atoms with Crippen LogP contribution in [0.15, 0.2) is 24.5 Å². The molecular formula is C15H9F3N4O4. The van der Waals surface area contributed by atoms with Gasteiger partial charge in [0.25, 0.3) is 5.91 Å². The SMILES string of the molecule is O=C(O)CNC(=O)c1c(O)cc(-c2cc(F)cc(F)c2F)n2ncnc12. The molecule has 0 fully saturated rings. The second-order valence-corrected chi connectivity index (χ2v) is 5.11. The van der Waals surface area contributed by atoms with Crippen LogP contribution in [0, 0.1) is 17.5 Å². The van der Waals surface area contributed by atoms with E-state index in [0.717, 1.165) is 16.9 Å². The fourth-order valence-corrected chi connectivity index (χ4v) is 2.36. The lowest BCUT2D eigenvalue weighted by molar-refractivity contribution is -0.135. The lowest BCUT2D eigenvalue weighted by Gasteiger charge is -2.11. The van der Waals surface area contributed by atoms with Crippen molar-refractivity contribution in [1.82, 2.24) is 19.9 Å². The van der Waals surface area contributed by atoms with Gasteiger partial charge >= 0.3 is 5.97 Å². The molecule has 11 heteroatoms. The van der Waals surface area contributed by atoms with Crippen LogP contribution in [-0.4, -0.2) is 43.2 Å². The molecule has 0 bridgehead atoms. The third kappa shape index (κ3) is 2.90. The zero-order valence-corrected chi connectivity index (χ0v) is 12.7. The van der Waals surface area contributed by atoms with E-state index < -0.39 is 52.7 Å². The fourth-order valence-electron chi connectivity index (χ4n) is 2.36. The summed E-state index contributed by atoms with van der Waals surface area (Å²) in [6.45, 7) is -0.718. The molecule has 0 unspecified atom stereocenters. The average molecular weight is 366 g/mol. The Morgan fingerprint density at radius 3 is 2.62 bits per heavy atom. The molecule has 0 radical (unpaired) electrons. The number of aromatic hydroxyl groups is 1. The standard InChI is InChI=1S/C15H9F3N4O4/c16-6-1-7(13(18)8(17)2-6)9-3-10(23)12(14-20-5-21-22(9)14)15(26)19-4-11(24)25/h1-3,5,23H,4H2,(H,19,26)(H,24,25). The van der Waals surface area contributed by atoms with Crippen LogP contribution in [-0.2, 0) is 4.79 Å². The summed E-state index contributed by atoms with van der Waals surface area (Å²) in [5, 5.41) is 24.5. The Balaban J connectivity index is 2.20. The van der Waals surface area contributed by atoms with Gasteiger partial charge in [0.1, 0.15) is 30.0 Å². The zero-order chi connectivity index (χ0) is 19.0. The van der Waals surface area contributed by atoms with E-state index in [9.17, 15) is 27.9 Å². The molecule has 0 aliphatic rings. The molecule has 0 saturated carbocycles. The van der Waals surface area contributed by atoms with Crippen molar-refractivity contribution in [3.63, 3.8) is 0 Å². The third-order valence-electron chi connectivity index (χ3n) is 3.43. The highest BCUT2D eigenvalue weighted by molar-refractivity contribution is 6.04. The number of carbonyl (C=O) groups is 2. The number of rotatable bonds is 4. The van der Waals surface area contributed by atoms with Gasteiger partial charge in [-0.05, 0) is 6.07 Å². The van der Waals surface area contributed by atoms with Gasteiger partial charge in [0.2, 0.25) is 0 Å². The number of aliphatic carboxylic acids is 1. The molecule has 3 aromatic rings. The number of carboxylic acids is 1. The highest BCUT2D eigenvalue weighted by Crippen LogP contribution is 2.31. The van der Waals surface area contributed by atoms with E-state index in [1.165, 1.54) is 0 Å². The molecule has 1 aromatic carbocycles. The number of amides is 1. The summed E-state index contributed by atoms with van der Waals surface area (Å²) in [5.41, 5.74) is -1.50. The van der Waals surface area contributed by atoms with Crippen molar-refractivity contribution in [2.24, 2.45) is 0 Å². The van der Waals surface area contributed by atoms with Gasteiger partial charge in [-0.2, -0.15) is 5.10 Å². The van der Waals surface area contributed by atoms with Crippen molar-refractivity contribution in [2.45, 2.75) is 0 Å². The van der Waals surface area contributed by atoms with E-state index in [1.807, 2.05) is 5.32 Å². The van der Waals surface area contributed by atoms with E-state index in [-0.39, 0.29) is 11.3 Å². The third-order valence-corrected chi connectivity index (χ3v) is 3.43. The minimum absolute atomic E-state index is 0.257. The van der Waals surface area contributed by atoms with Crippen LogP contribution in [0.2, 0.25) is 0 Å². The van der Waals surface area contributed by atoms with Crippen molar-refractivity contribution >= 4 is 17.5 Å². The quantitative estimate of drug-likeness (QED) is 0.600. The largest absolute Gasteiger partial charge is 0.507 e. The van der Waals surface area contributed by atoms with Crippen LogP contribution in [0.4, 0.5) is 13.2 Å². The van der Waals surface area contributed by atoms with Gasteiger partial charge in [0.15, 0.2) is 17.3 Å². The maximum atomic E-state index is 14.1. The molecular weight excluding hydrogens is 357 g/mol. The van der Waals surface area contributed by atoms with Gasteiger partial charge in [0, 0.05) is 17.7 Å². The predicted molar refractivity (Wildman–Crippen MR) is 79.9 cm³/mol. The summed E-state index contributed by atoms with van der Waals surface area (Å²) < 4.78 is 41.9. The van der Waals surface area contributed by atoms with Gasteiger partial charge in [-0.25, -0.2) is 22.7 Å². The minimum atomic E-state index is -1.45. The summed E-state index contributed by atoms with van der Waals surface area (Å²) in [6.07, 6.45) is 0.972. The van der Waals surface area contributed by atoms with Crippen LogP contribution >= 0.6 is 0 Å². The molecule has 2 aromatic heterocycles. The molecule has 8 nitrogen and oxygen atoms in total. The zero-order valence-electron chi connectivity index (χ0n) is 12.7. The Labute approximate surface area is 142 Å². The maximum Gasteiger partial charge on any atom is 0.322 e. The van der Waals surface area contributed by atoms with Crippen molar-refractivity contribution in [1.29, 1.82) is 0 Å². The lowest BCUT2D eigenvalue weighted by atomic mass is 10.1. The molecule has 3 N–H and O–H groups in total. The molecule has 0 spiro atoms. The Hall–Kier alpha value is -3.63. The first kappa shape index (κ1) is 17.2. The summed E-state index contributed by atoms with van der Waals surface area (Å²) in [4.78, 5) is 26.4. The number of pyridine rings is 1. The lowest BCUT2D eigenvalue weighted by Crippen LogP contribution is -2.29. The molecule has 1 amide bonds. The first-order chi connectivity index (χ1) is 12.3. The highest BCUT2D eigenvalue weighted by Gasteiger charge is 2.23. The Bertz CT molecular complexity index is 1050. The van der Waals surface area contributed by atoms with Crippen LogP contribution < -0.4 is 5.32 Å². The topological polar surface area (TPSA) is 117 Å². The second-order valence-electron chi connectivity index (χ2n) is 5.11. The van der Waals surface area contributed by atoms with Gasteiger partial charge in [-0.3, -0.25) is 9.59 Å². The molecule has 0 aliphatic heterocycles. The number of benzene rings is 1. The van der Waals surface area contributed by atoms with E-state index in [2.05, 4.69) is 10.1 Å². The Kier molecular flexibility index (Phi) is 4.20. The molecule has 3 rings (SSSR count). The first-order valence-corrected chi connectivity index (χ1v) is 7.00. The van der Waals surface area contributed by atoms with Crippen molar-refractivity contribution in [3.05, 3.63) is 47.5 Å². The van der Waals surface area contributed by atoms with Crippen LogP contribution in [0.5, 0.6) is 5.75 Å². The summed E-state index contributed by atoms with van der Waals surface area (Å²) >= 11 is 0. The summed E-state index contributed by atoms with van der Waals surface area (Å²) in [7, 11) is 0. The fraction of sp³-hybridized carbons (Fsp3) is 0.0667. The smallest absolute Gasteiger partial charge is 0.322 e. The summed E-state index contributed by atoms with van der Waals surface area (Å²) in [6, 6.07) is 1.91. The molecule has 0 atom stereocenters.